The van der Waals surface area contributed by atoms with Crippen LogP contribution in [-0.4, -0.2) is 16.5 Å². The third kappa shape index (κ3) is 4.46. The van der Waals surface area contributed by atoms with Crippen molar-refractivity contribution in [2.45, 2.75) is 25.3 Å². The number of pyridine rings is 1. The van der Waals surface area contributed by atoms with Crippen LogP contribution in [-0.2, 0) is 12.0 Å². The van der Waals surface area contributed by atoms with Crippen molar-refractivity contribution in [3.63, 3.8) is 0 Å². The van der Waals surface area contributed by atoms with E-state index in [-0.39, 0.29) is 12.2 Å². The minimum Gasteiger partial charge on any atom is -0.406 e. The molecule has 21 heavy (non-hydrogen) atoms. The molecule has 1 aromatic heterocycles. The van der Waals surface area contributed by atoms with Crippen LogP contribution < -0.4 is 4.74 Å². The van der Waals surface area contributed by atoms with Crippen LogP contribution >= 0.6 is 0 Å². The molecule has 1 atom stereocenters. The first kappa shape index (κ1) is 15.3. The Morgan fingerprint density at radius 1 is 1.14 bits per heavy atom. The average Bonchev–Trinajstić information content (AvgIpc) is 2.40. The molecule has 0 aliphatic rings. The summed E-state index contributed by atoms with van der Waals surface area (Å²) in [4.78, 5) is 3.94. The first-order chi connectivity index (χ1) is 9.76. The van der Waals surface area contributed by atoms with Gasteiger partial charge in [-0.25, -0.2) is 0 Å². The maximum atomic E-state index is 12.1. The molecule has 1 heterocycles. The summed E-state index contributed by atoms with van der Waals surface area (Å²) in [7, 11) is 0. The molecule has 1 aromatic carbocycles. The molecule has 1 N–H and O–H groups in total. The van der Waals surface area contributed by atoms with E-state index >= 15 is 0 Å². The van der Waals surface area contributed by atoms with Crippen molar-refractivity contribution in [2.24, 2.45) is 0 Å². The normalized spacial score (nSPS) is 14.5. The van der Waals surface area contributed by atoms with Crippen molar-refractivity contribution in [3.05, 3.63) is 59.9 Å². The lowest BCUT2D eigenvalue weighted by atomic mass is 9.90. The van der Waals surface area contributed by atoms with Gasteiger partial charge in [0.05, 0.1) is 5.60 Å². The second-order valence-corrected chi connectivity index (χ2v) is 4.88. The van der Waals surface area contributed by atoms with Gasteiger partial charge in [0, 0.05) is 24.4 Å². The molecule has 0 aliphatic carbocycles. The number of benzene rings is 1. The van der Waals surface area contributed by atoms with Crippen LogP contribution in [0, 0.1) is 0 Å². The zero-order valence-corrected chi connectivity index (χ0v) is 11.3. The van der Waals surface area contributed by atoms with Gasteiger partial charge in [-0.15, -0.1) is 13.2 Å². The largest absolute Gasteiger partial charge is 0.573 e. The van der Waals surface area contributed by atoms with Gasteiger partial charge in [0.25, 0.3) is 0 Å². The highest BCUT2D eigenvalue weighted by molar-refractivity contribution is 5.30. The summed E-state index contributed by atoms with van der Waals surface area (Å²) in [6.45, 7) is 1.63. The first-order valence-corrected chi connectivity index (χ1v) is 6.24. The van der Waals surface area contributed by atoms with Gasteiger partial charge in [-0.2, -0.15) is 0 Å². The molecular formula is C15H14F3NO2. The molecule has 2 aromatic rings. The van der Waals surface area contributed by atoms with Gasteiger partial charge in [0.1, 0.15) is 5.75 Å². The fourth-order valence-electron chi connectivity index (χ4n) is 1.99. The number of aromatic nitrogens is 1. The van der Waals surface area contributed by atoms with E-state index in [0.29, 0.717) is 11.1 Å². The SMILES string of the molecule is CC(O)(Cc1ccc(OC(F)(F)F)cc1)c1cccnc1. The quantitative estimate of drug-likeness (QED) is 0.940. The van der Waals surface area contributed by atoms with E-state index in [9.17, 15) is 18.3 Å². The Bertz CT molecular complexity index is 580. The predicted octanol–water partition coefficient (Wildman–Crippen LogP) is 3.43. The fraction of sp³-hybridized carbons (Fsp3) is 0.267. The molecule has 0 amide bonds. The van der Waals surface area contributed by atoms with Crippen LogP contribution in [0.3, 0.4) is 0 Å². The molecule has 0 radical (unpaired) electrons. The Labute approximate surface area is 120 Å². The highest BCUT2D eigenvalue weighted by atomic mass is 19.4. The van der Waals surface area contributed by atoms with Gasteiger partial charge in [-0.3, -0.25) is 4.98 Å². The molecule has 0 spiro atoms. The molecule has 0 bridgehead atoms. The molecule has 2 rings (SSSR count). The van der Waals surface area contributed by atoms with Gasteiger partial charge in [0.2, 0.25) is 0 Å². The lowest BCUT2D eigenvalue weighted by Crippen LogP contribution is -2.24. The summed E-state index contributed by atoms with van der Waals surface area (Å²) in [6.07, 6.45) is -1.29. The second kappa shape index (κ2) is 5.73. The lowest BCUT2D eigenvalue weighted by Gasteiger charge is -2.23. The smallest absolute Gasteiger partial charge is 0.406 e. The van der Waals surface area contributed by atoms with Gasteiger partial charge < -0.3 is 9.84 Å². The van der Waals surface area contributed by atoms with Crippen molar-refractivity contribution in [1.82, 2.24) is 4.98 Å². The summed E-state index contributed by atoms with van der Waals surface area (Å²) in [6, 6.07) is 8.89. The molecule has 0 aliphatic heterocycles. The number of ether oxygens (including phenoxy) is 1. The minimum absolute atomic E-state index is 0.255. The molecule has 0 saturated carbocycles. The Morgan fingerprint density at radius 2 is 1.81 bits per heavy atom. The standard InChI is InChI=1S/C15H14F3NO2/c1-14(20,12-3-2-8-19-10-12)9-11-4-6-13(7-5-11)21-15(16,17)18/h2-8,10,20H,9H2,1H3. The fourth-order valence-corrected chi connectivity index (χ4v) is 1.99. The topological polar surface area (TPSA) is 42.4 Å². The highest BCUT2D eigenvalue weighted by Crippen LogP contribution is 2.27. The van der Waals surface area contributed by atoms with Crippen molar-refractivity contribution in [1.29, 1.82) is 0 Å². The molecule has 1 unspecified atom stereocenters. The highest BCUT2D eigenvalue weighted by Gasteiger charge is 2.31. The molecule has 6 heteroatoms. The van der Waals surface area contributed by atoms with Gasteiger partial charge in [0.15, 0.2) is 0 Å². The van der Waals surface area contributed by atoms with E-state index in [1.54, 1.807) is 31.5 Å². The summed E-state index contributed by atoms with van der Waals surface area (Å²) in [5, 5.41) is 10.4. The minimum atomic E-state index is -4.71. The lowest BCUT2D eigenvalue weighted by molar-refractivity contribution is -0.274. The number of hydrogen-bond donors (Lipinski definition) is 1. The first-order valence-electron chi connectivity index (χ1n) is 6.24. The van der Waals surface area contributed by atoms with Crippen molar-refractivity contribution in [2.75, 3.05) is 0 Å². The van der Waals surface area contributed by atoms with Crippen LogP contribution in [0.5, 0.6) is 5.75 Å². The summed E-state index contributed by atoms with van der Waals surface area (Å²) in [5.41, 5.74) is 0.180. The Morgan fingerprint density at radius 3 is 2.33 bits per heavy atom. The van der Waals surface area contributed by atoms with Crippen LogP contribution in [0.2, 0.25) is 0 Å². The van der Waals surface area contributed by atoms with E-state index in [1.807, 2.05) is 0 Å². The molecule has 3 nitrogen and oxygen atoms in total. The summed E-state index contributed by atoms with van der Waals surface area (Å²) >= 11 is 0. The third-order valence-electron chi connectivity index (χ3n) is 2.99. The predicted molar refractivity (Wildman–Crippen MR) is 70.6 cm³/mol. The van der Waals surface area contributed by atoms with E-state index in [1.165, 1.54) is 24.3 Å². The zero-order chi connectivity index (χ0) is 15.5. The van der Waals surface area contributed by atoms with Crippen LogP contribution in [0.4, 0.5) is 13.2 Å². The van der Waals surface area contributed by atoms with Gasteiger partial charge >= 0.3 is 6.36 Å². The van der Waals surface area contributed by atoms with E-state index in [2.05, 4.69) is 9.72 Å². The van der Waals surface area contributed by atoms with Crippen molar-refractivity contribution >= 4 is 0 Å². The second-order valence-electron chi connectivity index (χ2n) is 4.88. The van der Waals surface area contributed by atoms with Gasteiger partial charge in [-0.05, 0) is 30.7 Å². The molecule has 112 valence electrons. The van der Waals surface area contributed by atoms with Crippen molar-refractivity contribution < 1.29 is 23.0 Å². The molecule has 0 fully saturated rings. The zero-order valence-electron chi connectivity index (χ0n) is 11.3. The van der Waals surface area contributed by atoms with E-state index in [0.717, 1.165) is 0 Å². The summed E-state index contributed by atoms with van der Waals surface area (Å²) in [5.74, 6) is -0.285. The van der Waals surface area contributed by atoms with E-state index in [4.69, 9.17) is 0 Å². The van der Waals surface area contributed by atoms with Gasteiger partial charge in [-0.1, -0.05) is 18.2 Å². The maximum absolute atomic E-state index is 12.1. The molecular weight excluding hydrogens is 283 g/mol. The van der Waals surface area contributed by atoms with Crippen molar-refractivity contribution in [3.8, 4) is 5.75 Å². The van der Waals surface area contributed by atoms with Crippen LogP contribution in [0.25, 0.3) is 0 Å². The molecule has 0 saturated heterocycles. The average molecular weight is 297 g/mol. The Balaban J connectivity index is 2.10. The number of aliphatic hydroxyl groups is 1. The number of halogens is 3. The number of alkyl halides is 3. The number of hydrogen-bond acceptors (Lipinski definition) is 3. The maximum Gasteiger partial charge on any atom is 0.573 e. The van der Waals surface area contributed by atoms with Crippen LogP contribution in [0.1, 0.15) is 18.1 Å². The number of rotatable bonds is 4. The third-order valence-corrected chi connectivity index (χ3v) is 2.99. The number of nitrogens with zero attached hydrogens (tertiary/aromatic N) is 1. The Hall–Kier alpha value is -2.08. The Kier molecular flexibility index (Phi) is 4.18. The van der Waals surface area contributed by atoms with E-state index < -0.39 is 12.0 Å². The monoisotopic (exact) mass is 297 g/mol. The van der Waals surface area contributed by atoms with Crippen LogP contribution in [0.15, 0.2) is 48.8 Å². The summed E-state index contributed by atoms with van der Waals surface area (Å²) < 4.78 is 40.0.